The third-order valence-electron chi connectivity index (χ3n) is 9.34. The van der Waals surface area contributed by atoms with E-state index in [0.717, 1.165) is 21.4 Å². The first-order valence-corrected chi connectivity index (χ1v) is 22.3. The van der Waals surface area contributed by atoms with E-state index in [1.807, 2.05) is 0 Å². The Kier molecular flexibility index (Phi) is 14.2. The van der Waals surface area contributed by atoms with Crippen LogP contribution in [0, 0.1) is 10.8 Å². The number of esters is 2. The highest BCUT2D eigenvalue weighted by molar-refractivity contribution is 7.61. The first-order valence-electron chi connectivity index (χ1n) is 19.4. The van der Waals surface area contributed by atoms with Crippen molar-refractivity contribution in [1.82, 2.24) is 14.3 Å². The van der Waals surface area contributed by atoms with Crippen LogP contribution in [0.25, 0.3) is 11.0 Å². The number of para-hydroxylation sites is 1. The van der Waals surface area contributed by atoms with Gasteiger partial charge in [0.2, 0.25) is 0 Å². The van der Waals surface area contributed by atoms with Crippen molar-refractivity contribution < 1.29 is 70.4 Å². The van der Waals surface area contributed by atoms with Gasteiger partial charge in [0.15, 0.2) is 11.8 Å². The second-order valence-electron chi connectivity index (χ2n) is 16.5. The Labute approximate surface area is 360 Å². The standard InChI is InChI=1S/C41H47N3O17P2/c1-40(2,3)37(48)57-27-15-11-25(12-16-27)22-55-63(53,56-23-26-13-17-28(18-14-26)58-38(49)41(4,5)6)61-62(51,52)54-24-32-34(46)35(47)36(59-32)43-20-19-33(45)44(39(43)50)21-30-29-9-7-8-10-31(29)60-42-30/h7-20,32,34-36,46-47H,21-24H2,1-6H3,(H,51,52)/t32-,34+,35?,36-/m1/s1. The van der Waals surface area contributed by atoms with Crippen molar-refractivity contribution in [3.05, 3.63) is 123 Å². The van der Waals surface area contributed by atoms with E-state index in [2.05, 4.69) is 5.16 Å². The fourth-order valence-electron chi connectivity index (χ4n) is 5.71. The zero-order valence-electron chi connectivity index (χ0n) is 35.0. The van der Waals surface area contributed by atoms with Crippen LogP contribution in [0.5, 0.6) is 11.5 Å². The molecule has 3 N–H and O–H groups in total. The van der Waals surface area contributed by atoms with Crippen LogP contribution in [0.1, 0.15) is 64.6 Å². The van der Waals surface area contributed by atoms with Crippen molar-refractivity contribution in [2.75, 3.05) is 6.61 Å². The highest BCUT2D eigenvalue weighted by atomic mass is 31.3. The van der Waals surface area contributed by atoms with Gasteiger partial charge in [-0.15, -0.1) is 0 Å². The number of hydrogen-bond acceptors (Lipinski definition) is 17. The number of aromatic nitrogens is 3. The molecule has 338 valence electrons. The smallest absolute Gasteiger partial charge is 0.426 e. The summed E-state index contributed by atoms with van der Waals surface area (Å²) in [6.45, 7) is 7.87. The van der Waals surface area contributed by atoms with Crippen LogP contribution >= 0.6 is 15.6 Å². The van der Waals surface area contributed by atoms with E-state index in [0.29, 0.717) is 22.1 Å². The maximum Gasteiger partial charge on any atom is 0.484 e. The minimum Gasteiger partial charge on any atom is -0.426 e. The zero-order valence-corrected chi connectivity index (χ0v) is 36.8. The van der Waals surface area contributed by atoms with Gasteiger partial charge in [-0.1, -0.05) is 41.6 Å². The molecule has 0 radical (unpaired) electrons. The molecule has 63 heavy (non-hydrogen) atoms. The number of nitrogens with zero attached hydrogens (tertiary/aromatic N) is 3. The van der Waals surface area contributed by atoms with Gasteiger partial charge in [-0.3, -0.25) is 37.1 Å². The molecule has 1 aliphatic rings. The number of carbonyl (C=O) groups is 2. The Bertz CT molecular complexity index is 2570. The Morgan fingerprint density at radius 1 is 0.762 bits per heavy atom. The molecule has 0 aliphatic carbocycles. The van der Waals surface area contributed by atoms with E-state index in [1.165, 1.54) is 48.5 Å². The first-order chi connectivity index (χ1) is 29.5. The van der Waals surface area contributed by atoms with Crippen LogP contribution in [0.3, 0.4) is 0 Å². The topological polar surface area (TPSA) is 264 Å². The normalized spacial score (nSPS) is 19.2. The lowest BCUT2D eigenvalue weighted by Crippen LogP contribution is -2.43. The van der Waals surface area contributed by atoms with E-state index in [9.17, 15) is 43.4 Å². The Balaban J connectivity index is 1.14. The lowest BCUT2D eigenvalue weighted by Gasteiger charge is -2.22. The van der Waals surface area contributed by atoms with Gasteiger partial charge >= 0.3 is 33.3 Å². The van der Waals surface area contributed by atoms with Crippen LogP contribution in [-0.4, -0.2) is 66.3 Å². The molecule has 3 heterocycles. The number of benzene rings is 3. The molecule has 20 nitrogen and oxygen atoms in total. The summed E-state index contributed by atoms with van der Waals surface area (Å²) in [5.74, 6) is -0.527. The number of phosphoric ester groups is 2. The monoisotopic (exact) mass is 915 g/mol. The van der Waals surface area contributed by atoms with Gasteiger partial charge in [0.05, 0.1) is 37.2 Å². The molecule has 0 amide bonds. The van der Waals surface area contributed by atoms with E-state index in [1.54, 1.807) is 65.8 Å². The second-order valence-corrected chi connectivity index (χ2v) is 19.8. The molecule has 0 saturated carbocycles. The lowest BCUT2D eigenvalue weighted by atomic mass is 9.97. The van der Waals surface area contributed by atoms with Gasteiger partial charge in [0.25, 0.3) is 5.56 Å². The van der Waals surface area contributed by atoms with Gasteiger partial charge in [-0.05, 0) is 89.1 Å². The maximum atomic E-state index is 14.0. The van der Waals surface area contributed by atoms with E-state index in [4.69, 9.17) is 36.6 Å². The van der Waals surface area contributed by atoms with Crippen molar-refractivity contribution in [2.24, 2.45) is 10.8 Å². The van der Waals surface area contributed by atoms with Crippen LogP contribution in [0.4, 0.5) is 0 Å². The van der Waals surface area contributed by atoms with Gasteiger partial charge < -0.3 is 33.8 Å². The van der Waals surface area contributed by atoms with Crippen molar-refractivity contribution in [3.8, 4) is 11.5 Å². The minimum atomic E-state index is -5.43. The summed E-state index contributed by atoms with van der Waals surface area (Å²) in [4.78, 5) is 61.8. The van der Waals surface area contributed by atoms with E-state index < -0.39 is 94.0 Å². The summed E-state index contributed by atoms with van der Waals surface area (Å²) in [6.07, 6.45) is -5.74. The van der Waals surface area contributed by atoms with Crippen molar-refractivity contribution in [3.63, 3.8) is 0 Å². The third-order valence-corrected chi connectivity index (χ3v) is 12.3. The molecule has 1 saturated heterocycles. The van der Waals surface area contributed by atoms with Crippen LogP contribution < -0.4 is 20.7 Å². The van der Waals surface area contributed by atoms with Crippen LogP contribution in [-0.2, 0) is 61.1 Å². The second kappa shape index (κ2) is 18.9. The van der Waals surface area contributed by atoms with Crippen LogP contribution in [0.2, 0.25) is 0 Å². The quantitative estimate of drug-likeness (QED) is 0.0636. The number of aliphatic hydroxyl groups excluding tert-OH is 2. The Hall–Kier alpha value is -5.11. The highest BCUT2D eigenvalue weighted by Crippen LogP contribution is 2.64. The molecular formula is C41H47N3O17P2. The summed E-state index contributed by atoms with van der Waals surface area (Å²) in [5, 5.41) is 26.3. The molecule has 3 aromatic carbocycles. The largest absolute Gasteiger partial charge is 0.484 e. The molecule has 0 spiro atoms. The zero-order chi connectivity index (χ0) is 45.9. The Morgan fingerprint density at radius 2 is 1.30 bits per heavy atom. The molecule has 6 rings (SSSR count). The average Bonchev–Trinajstić information content (AvgIpc) is 3.76. The van der Waals surface area contributed by atoms with E-state index in [-0.39, 0.29) is 23.7 Å². The number of carbonyl (C=O) groups excluding carboxylic acids is 2. The number of ether oxygens (including phenoxy) is 3. The third kappa shape index (κ3) is 11.9. The number of aliphatic hydroxyl groups is 2. The maximum absolute atomic E-state index is 14.0. The average molecular weight is 916 g/mol. The number of rotatable bonds is 16. The lowest BCUT2D eigenvalue weighted by molar-refractivity contribution is -0.143. The minimum absolute atomic E-state index is 0.217. The number of phosphoric acid groups is 2. The molecule has 2 unspecified atom stereocenters. The predicted octanol–water partition coefficient (Wildman–Crippen LogP) is 5.40. The molecule has 0 bridgehead atoms. The molecule has 1 aliphatic heterocycles. The van der Waals surface area contributed by atoms with Gasteiger partial charge in [-0.25, -0.2) is 13.9 Å². The predicted molar refractivity (Wildman–Crippen MR) is 221 cm³/mol. The van der Waals surface area contributed by atoms with Gasteiger partial charge in [-0.2, -0.15) is 4.31 Å². The molecule has 22 heteroatoms. The fraction of sp³-hybridized carbons (Fsp3) is 0.390. The van der Waals surface area contributed by atoms with Crippen molar-refractivity contribution >= 4 is 38.6 Å². The first kappa shape index (κ1) is 47.4. The van der Waals surface area contributed by atoms with Gasteiger partial charge in [0.1, 0.15) is 35.5 Å². The highest BCUT2D eigenvalue weighted by Gasteiger charge is 2.46. The molecule has 5 atom stereocenters. The number of fused-ring (bicyclic) bond motifs is 1. The number of hydrogen-bond donors (Lipinski definition) is 3. The molecular weight excluding hydrogens is 868 g/mol. The SMILES string of the molecule is CC(C)(C)C(=O)Oc1ccc(COP(=O)(OCc2ccc(OC(=O)C(C)(C)C)cc2)OP(=O)(O)OC[C@H]2O[C@@H](n3ccc(=O)n(Cc4noc5ccccc45)c3=O)C(O)[C@H]2O)cc1. The van der Waals surface area contributed by atoms with Crippen LogP contribution in [0.15, 0.2) is 99.2 Å². The fourth-order valence-corrected chi connectivity index (χ4v) is 8.31. The van der Waals surface area contributed by atoms with Crippen molar-refractivity contribution in [2.45, 2.75) is 85.8 Å². The molecule has 5 aromatic rings. The van der Waals surface area contributed by atoms with E-state index >= 15 is 0 Å². The summed E-state index contributed by atoms with van der Waals surface area (Å²) < 4.78 is 71.8. The molecule has 1 fully saturated rings. The molecule has 2 aromatic heterocycles. The summed E-state index contributed by atoms with van der Waals surface area (Å²) in [6, 6.07) is 19.6. The summed E-state index contributed by atoms with van der Waals surface area (Å²) in [5.41, 5.74) is -1.78. The summed E-state index contributed by atoms with van der Waals surface area (Å²) >= 11 is 0. The summed E-state index contributed by atoms with van der Waals surface area (Å²) in [7, 11) is -10.5. The van der Waals surface area contributed by atoms with Gasteiger partial charge in [0, 0.05) is 17.6 Å². The Morgan fingerprint density at radius 3 is 1.84 bits per heavy atom. The van der Waals surface area contributed by atoms with Crippen molar-refractivity contribution in [1.29, 1.82) is 0 Å².